The van der Waals surface area contributed by atoms with E-state index in [4.69, 9.17) is 0 Å². The molecule has 0 aliphatic heterocycles. The molecule has 2 rings (SSSR count). The van der Waals surface area contributed by atoms with Gasteiger partial charge in [0, 0.05) is 5.56 Å². The van der Waals surface area contributed by atoms with Gasteiger partial charge in [-0.25, -0.2) is 13.8 Å². The highest BCUT2D eigenvalue weighted by Gasteiger charge is 2.21. The van der Waals surface area contributed by atoms with Crippen molar-refractivity contribution in [3.63, 3.8) is 0 Å². The molecule has 0 unspecified atom stereocenters. The lowest BCUT2D eigenvalue weighted by molar-refractivity contribution is -0.119. The van der Waals surface area contributed by atoms with Crippen molar-refractivity contribution in [3.05, 3.63) is 59.7 Å². The number of anilines is 1. The molecule has 2 aromatic rings. The number of aromatic hydroxyl groups is 1. The molecule has 25 heavy (non-hydrogen) atoms. The molecule has 0 bridgehead atoms. The third-order valence-electron chi connectivity index (χ3n) is 3.40. The van der Waals surface area contributed by atoms with E-state index in [-0.39, 0.29) is 5.75 Å². The van der Waals surface area contributed by atoms with Crippen molar-refractivity contribution in [2.24, 2.45) is 5.10 Å². The average molecular weight is 361 g/mol. The van der Waals surface area contributed by atoms with Gasteiger partial charge in [-0.2, -0.15) is 5.10 Å². The molecular formula is C17H19N3O4S. The molecular weight excluding hydrogens is 342 g/mol. The fourth-order valence-corrected chi connectivity index (χ4v) is 3.07. The van der Waals surface area contributed by atoms with Crippen molar-refractivity contribution in [2.75, 3.05) is 17.1 Å². The first kappa shape index (κ1) is 18.5. The number of para-hydroxylation sites is 2. The van der Waals surface area contributed by atoms with Crippen LogP contribution in [0.1, 0.15) is 11.1 Å². The molecule has 1 amide bonds. The highest BCUT2D eigenvalue weighted by atomic mass is 32.2. The Morgan fingerprint density at radius 3 is 2.48 bits per heavy atom. The maximum absolute atomic E-state index is 12.1. The molecule has 8 heteroatoms. The first-order valence-corrected chi connectivity index (χ1v) is 9.27. The first-order valence-electron chi connectivity index (χ1n) is 7.42. The fraction of sp³-hybridized carbons (Fsp3) is 0.176. The van der Waals surface area contributed by atoms with Crippen LogP contribution in [0, 0.1) is 6.92 Å². The molecule has 0 aliphatic rings. The lowest BCUT2D eigenvalue weighted by Gasteiger charge is -2.23. The molecule has 7 nitrogen and oxygen atoms in total. The molecule has 2 aromatic carbocycles. The fourth-order valence-electron chi connectivity index (χ4n) is 2.16. The molecule has 2 N–H and O–H groups in total. The summed E-state index contributed by atoms with van der Waals surface area (Å²) in [7, 11) is -3.64. The Morgan fingerprint density at radius 2 is 1.84 bits per heavy atom. The predicted octanol–water partition coefficient (Wildman–Crippen LogP) is 1.62. The lowest BCUT2D eigenvalue weighted by atomic mass is 10.2. The second-order valence-electron chi connectivity index (χ2n) is 5.41. The number of aryl methyl sites for hydroxylation is 1. The topological polar surface area (TPSA) is 99.1 Å². The van der Waals surface area contributed by atoms with Gasteiger partial charge in [-0.3, -0.25) is 9.10 Å². The van der Waals surface area contributed by atoms with Crippen LogP contribution in [0.5, 0.6) is 5.75 Å². The zero-order chi connectivity index (χ0) is 18.4. The Hall–Kier alpha value is -2.87. The number of amides is 1. The summed E-state index contributed by atoms with van der Waals surface area (Å²) in [5.41, 5.74) is 3.87. The second-order valence-corrected chi connectivity index (χ2v) is 7.31. The minimum atomic E-state index is -3.64. The van der Waals surface area contributed by atoms with Crippen LogP contribution < -0.4 is 9.73 Å². The zero-order valence-electron chi connectivity index (χ0n) is 13.9. The minimum Gasteiger partial charge on any atom is -0.507 e. The lowest BCUT2D eigenvalue weighted by Crippen LogP contribution is -2.39. The van der Waals surface area contributed by atoms with Gasteiger partial charge in [0.2, 0.25) is 10.0 Å². The molecule has 0 atom stereocenters. The molecule has 132 valence electrons. The Morgan fingerprint density at radius 1 is 1.20 bits per heavy atom. The number of benzene rings is 2. The largest absolute Gasteiger partial charge is 0.507 e. The Bertz CT molecular complexity index is 894. The SMILES string of the molecule is Cc1ccccc1N(CC(=O)NN=Cc1ccccc1O)S(C)(=O)=O. The van der Waals surface area contributed by atoms with E-state index in [2.05, 4.69) is 10.5 Å². The van der Waals surface area contributed by atoms with E-state index >= 15 is 0 Å². The summed E-state index contributed by atoms with van der Waals surface area (Å²) in [5, 5.41) is 13.4. The van der Waals surface area contributed by atoms with Gasteiger partial charge in [0.25, 0.3) is 5.91 Å². The molecule has 0 aromatic heterocycles. The maximum atomic E-state index is 12.1. The van der Waals surface area contributed by atoms with Crippen molar-refractivity contribution >= 4 is 27.8 Å². The summed E-state index contributed by atoms with van der Waals surface area (Å²) in [4.78, 5) is 12.1. The van der Waals surface area contributed by atoms with E-state index in [1.165, 1.54) is 12.3 Å². The van der Waals surface area contributed by atoms with Crippen LogP contribution >= 0.6 is 0 Å². The molecule has 0 fully saturated rings. The van der Waals surface area contributed by atoms with Crippen LogP contribution in [0.2, 0.25) is 0 Å². The minimum absolute atomic E-state index is 0.0261. The van der Waals surface area contributed by atoms with Gasteiger partial charge in [0.1, 0.15) is 12.3 Å². The Kier molecular flexibility index (Phi) is 5.76. The molecule has 0 spiro atoms. The van der Waals surface area contributed by atoms with E-state index in [1.54, 1.807) is 49.4 Å². The number of phenolic OH excluding ortho intramolecular Hbond substituents is 1. The van der Waals surface area contributed by atoms with Gasteiger partial charge in [0.05, 0.1) is 18.2 Å². The summed E-state index contributed by atoms with van der Waals surface area (Å²) in [6, 6.07) is 13.4. The smallest absolute Gasteiger partial charge is 0.260 e. The number of hydrazone groups is 1. The maximum Gasteiger partial charge on any atom is 0.260 e. The average Bonchev–Trinajstić information content (AvgIpc) is 2.54. The number of carbonyl (C=O) groups excluding carboxylic acids is 1. The van der Waals surface area contributed by atoms with Crippen LogP contribution in [0.3, 0.4) is 0 Å². The quantitative estimate of drug-likeness (QED) is 0.603. The van der Waals surface area contributed by atoms with Gasteiger partial charge in [-0.05, 0) is 30.7 Å². The highest BCUT2D eigenvalue weighted by molar-refractivity contribution is 7.92. The van der Waals surface area contributed by atoms with Crippen LogP contribution in [0.25, 0.3) is 0 Å². The number of carbonyl (C=O) groups is 1. The van der Waals surface area contributed by atoms with E-state index in [0.29, 0.717) is 11.3 Å². The number of hydrogen-bond acceptors (Lipinski definition) is 5. The number of nitrogens with zero attached hydrogens (tertiary/aromatic N) is 2. The predicted molar refractivity (Wildman–Crippen MR) is 97.2 cm³/mol. The zero-order valence-corrected chi connectivity index (χ0v) is 14.7. The van der Waals surface area contributed by atoms with Crippen molar-refractivity contribution in [2.45, 2.75) is 6.92 Å². The van der Waals surface area contributed by atoms with Crippen LogP contribution in [0.15, 0.2) is 53.6 Å². The Labute approximate surface area is 146 Å². The monoisotopic (exact) mass is 361 g/mol. The normalized spacial score (nSPS) is 11.4. The van der Waals surface area contributed by atoms with Crippen LogP contribution in [-0.4, -0.2) is 38.4 Å². The van der Waals surface area contributed by atoms with Gasteiger partial charge in [0.15, 0.2) is 0 Å². The van der Waals surface area contributed by atoms with Crippen molar-refractivity contribution in [3.8, 4) is 5.75 Å². The first-order chi connectivity index (χ1) is 11.8. The van der Waals surface area contributed by atoms with Crippen molar-refractivity contribution in [1.82, 2.24) is 5.43 Å². The van der Waals surface area contributed by atoms with E-state index in [0.717, 1.165) is 16.1 Å². The summed E-state index contributed by atoms with van der Waals surface area (Å²) >= 11 is 0. The highest BCUT2D eigenvalue weighted by Crippen LogP contribution is 2.21. The number of sulfonamides is 1. The third-order valence-corrected chi connectivity index (χ3v) is 4.53. The number of phenols is 1. The molecule has 0 heterocycles. The Balaban J connectivity index is 2.11. The number of hydrogen-bond donors (Lipinski definition) is 2. The summed E-state index contributed by atoms with van der Waals surface area (Å²) in [5.74, 6) is -0.571. The van der Waals surface area contributed by atoms with Crippen LogP contribution in [0.4, 0.5) is 5.69 Å². The van der Waals surface area contributed by atoms with Gasteiger partial charge < -0.3 is 5.11 Å². The number of rotatable bonds is 6. The number of nitrogens with one attached hydrogen (secondary N) is 1. The van der Waals surface area contributed by atoms with Crippen molar-refractivity contribution in [1.29, 1.82) is 0 Å². The summed E-state index contributed by atoms with van der Waals surface area (Å²) in [6.45, 7) is 1.36. The molecule has 0 aliphatic carbocycles. The van der Waals surface area contributed by atoms with E-state index in [9.17, 15) is 18.3 Å². The molecule has 0 radical (unpaired) electrons. The molecule has 0 saturated heterocycles. The van der Waals surface area contributed by atoms with Gasteiger partial charge in [-0.15, -0.1) is 0 Å². The van der Waals surface area contributed by atoms with Crippen LogP contribution in [-0.2, 0) is 14.8 Å². The van der Waals surface area contributed by atoms with Gasteiger partial charge in [-0.1, -0.05) is 30.3 Å². The van der Waals surface area contributed by atoms with E-state index < -0.39 is 22.5 Å². The molecule has 0 saturated carbocycles. The van der Waals surface area contributed by atoms with Gasteiger partial charge >= 0.3 is 0 Å². The second kappa shape index (κ2) is 7.80. The summed E-state index contributed by atoms with van der Waals surface area (Å²) < 4.78 is 25.1. The van der Waals surface area contributed by atoms with Crippen molar-refractivity contribution < 1.29 is 18.3 Å². The van der Waals surface area contributed by atoms with E-state index in [1.807, 2.05) is 0 Å². The standard InChI is InChI=1S/C17H19N3O4S/c1-13-7-3-5-9-15(13)20(25(2,23)24)12-17(22)19-18-11-14-8-4-6-10-16(14)21/h3-11,21H,12H2,1-2H3,(H,19,22). The summed E-state index contributed by atoms with van der Waals surface area (Å²) in [6.07, 6.45) is 2.32. The third kappa shape index (κ3) is 5.05.